The largest absolute Gasteiger partial charge is 0.376 e. The van der Waals surface area contributed by atoms with Crippen LogP contribution in [0.15, 0.2) is 18.2 Å². The highest BCUT2D eigenvalue weighted by atomic mass is 35.5. The van der Waals surface area contributed by atoms with E-state index >= 15 is 0 Å². The summed E-state index contributed by atoms with van der Waals surface area (Å²) in [5.41, 5.74) is 0.953. The van der Waals surface area contributed by atoms with Crippen molar-refractivity contribution in [1.82, 2.24) is 4.98 Å². The molecule has 0 aliphatic carbocycles. The third kappa shape index (κ3) is 2.46. The van der Waals surface area contributed by atoms with E-state index in [1.54, 1.807) is 11.3 Å². The Morgan fingerprint density at radius 3 is 3.22 bits per heavy atom. The molecular formula is C13H15ClN2OS. The number of hydrogen-bond donors (Lipinski definition) is 1. The number of anilines is 1. The molecule has 2 atom stereocenters. The number of hydrogen-bond acceptors (Lipinski definition) is 4. The number of nitrogens with zero attached hydrogens (tertiary/aromatic N) is 1. The highest BCUT2D eigenvalue weighted by molar-refractivity contribution is 7.22. The van der Waals surface area contributed by atoms with Crippen molar-refractivity contribution in [1.29, 1.82) is 0 Å². The van der Waals surface area contributed by atoms with Gasteiger partial charge in [-0.15, -0.1) is 0 Å². The van der Waals surface area contributed by atoms with Crippen molar-refractivity contribution in [3.63, 3.8) is 0 Å². The van der Waals surface area contributed by atoms with Gasteiger partial charge < -0.3 is 10.1 Å². The average Bonchev–Trinajstić information content (AvgIpc) is 2.95. The molecule has 0 radical (unpaired) electrons. The van der Waals surface area contributed by atoms with Crippen LogP contribution in [0.25, 0.3) is 10.2 Å². The summed E-state index contributed by atoms with van der Waals surface area (Å²) in [7, 11) is 0. The standard InChI is InChI=1S/C13H15ClN2OS/c1-8(11-3-2-6-17-11)15-13-16-10-7-9(14)4-5-12(10)18-13/h4-5,7-8,11H,2-3,6H2,1H3,(H,15,16). The van der Waals surface area contributed by atoms with Crippen molar-refractivity contribution < 1.29 is 4.74 Å². The molecule has 0 saturated carbocycles. The summed E-state index contributed by atoms with van der Waals surface area (Å²) in [5, 5.41) is 5.10. The van der Waals surface area contributed by atoms with Gasteiger partial charge in [0.2, 0.25) is 0 Å². The topological polar surface area (TPSA) is 34.2 Å². The molecule has 1 aromatic heterocycles. The molecule has 0 bridgehead atoms. The third-order valence-electron chi connectivity index (χ3n) is 3.22. The van der Waals surface area contributed by atoms with Crippen LogP contribution >= 0.6 is 22.9 Å². The van der Waals surface area contributed by atoms with E-state index in [-0.39, 0.29) is 0 Å². The minimum absolute atomic E-state index is 0.295. The zero-order chi connectivity index (χ0) is 12.5. The fraction of sp³-hybridized carbons (Fsp3) is 0.462. The molecule has 2 heterocycles. The van der Waals surface area contributed by atoms with Gasteiger partial charge in [-0.1, -0.05) is 22.9 Å². The maximum absolute atomic E-state index is 5.96. The first kappa shape index (κ1) is 12.2. The molecule has 3 rings (SSSR count). The van der Waals surface area contributed by atoms with E-state index in [0.717, 1.165) is 39.8 Å². The highest BCUT2D eigenvalue weighted by Crippen LogP contribution is 2.29. The van der Waals surface area contributed by atoms with Gasteiger partial charge in [0.15, 0.2) is 5.13 Å². The Labute approximate surface area is 115 Å². The Balaban J connectivity index is 1.77. The molecule has 5 heteroatoms. The Morgan fingerprint density at radius 2 is 2.44 bits per heavy atom. The zero-order valence-electron chi connectivity index (χ0n) is 10.1. The van der Waals surface area contributed by atoms with Crippen molar-refractivity contribution in [2.24, 2.45) is 0 Å². The van der Waals surface area contributed by atoms with Gasteiger partial charge >= 0.3 is 0 Å². The van der Waals surface area contributed by atoms with Gasteiger partial charge in [0.05, 0.1) is 22.4 Å². The number of benzene rings is 1. The lowest BCUT2D eigenvalue weighted by atomic mass is 10.1. The van der Waals surface area contributed by atoms with Crippen LogP contribution in [0.3, 0.4) is 0 Å². The summed E-state index contributed by atoms with van der Waals surface area (Å²) in [5.74, 6) is 0. The fourth-order valence-corrected chi connectivity index (χ4v) is 3.36. The minimum Gasteiger partial charge on any atom is -0.376 e. The van der Waals surface area contributed by atoms with Gasteiger partial charge in [0.25, 0.3) is 0 Å². The lowest BCUT2D eigenvalue weighted by Gasteiger charge is -2.19. The van der Waals surface area contributed by atoms with Crippen molar-refractivity contribution in [2.45, 2.75) is 31.9 Å². The number of nitrogens with one attached hydrogen (secondary N) is 1. The number of fused-ring (bicyclic) bond motifs is 1. The molecule has 18 heavy (non-hydrogen) atoms. The van der Waals surface area contributed by atoms with E-state index in [1.807, 2.05) is 18.2 Å². The van der Waals surface area contributed by atoms with Crippen LogP contribution in [0.5, 0.6) is 0 Å². The van der Waals surface area contributed by atoms with Crippen molar-refractivity contribution in [3.05, 3.63) is 23.2 Å². The molecule has 2 aromatic rings. The first-order valence-electron chi connectivity index (χ1n) is 6.16. The SMILES string of the molecule is CC(Nc1nc2cc(Cl)ccc2s1)C1CCCO1. The first-order chi connectivity index (χ1) is 8.72. The maximum atomic E-state index is 5.96. The summed E-state index contributed by atoms with van der Waals surface area (Å²) < 4.78 is 6.83. The van der Waals surface area contributed by atoms with E-state index in [1.165, 1.54) is 0 Å². The molecule has 0 spiro atoms. The summed E-state index contributed by atoms with van der Waals surface area (Å²) in [6.07, 6.45) is 2.59. The van der Waals surface area contributed by atoms with Crippen molar-refractivity contribution >= 4 is 38.3 Å². The lowest BCUT2D eigenvalue weighted by molar-refractivity contribution is 0.0996. The Bertz CT molecular complexity index is 551. The van der Waals surface area contributed by atoms with Crippen LogP contribution in [0.4, 0.5) is 5.13 Å². The quantitative estimate of drug-likeness (QED) is 0.926. The normalized spacial score (nSPS) is 21.3. The Hall–Kier alpha value is -0.840. The summed E-state index contributed by atoms with van der Waals surface area (Å²) in [4.78, 5) is 4.55. The smallest absolute Gasteiger partial charge is 0.184 e. The van der Waals surface area contributed by atoms with E-state index in [4.69, 9.17) is 16.3 Å². The molecular weight excluding hydrogens is 268 g/mol. The van der Waals surface area contributed by atoms with Crippen LogP contribution in [-0.2, 0) is 4.74 Å². The molecule has 1 aliphatic heterocycles. The monoisotopic (exact) mass is 282 g/mol. The molecule has 1 aliphatic rings. The van der Waals surface area contributed by atoms with Gasteiger partial charge in [-0.05, 0) is 38.0 Å². The fourth-order valence-electron chi connectivity index (χ4n) is 2.25. The van der Waals surface area contributed by atoms with Crippen LogP contribution < -0.4 is 5.32 Å². The molecule has 1 aromatic carbocycles. The van der Waals surface area contributed by atoms with Gasteiger partial charge in [-0.3, -0.25) is 0 Å². The van der Waals surface area contributed by atoms with Gasteiger partial charge in [-0.25, -0.2) is 4.98 Å². The molecule has 1 fully saturated rings. The summed E-state index contributed by atoms with van der Waals surface area (Å²) >= 11 is 7.62. The molecule has 96 valence electrons. The number of thiazole rings is 1. The molecule has 0 amide bonds. The lowest BCUT2D eigenvalue weighted by Crippen LogP contribution is -2.29. The number of rotatable bonds is 3. The predicted octanol–water partition coefficient (Wildman–Crippen LogP) is 3.93. The maximum Gasteiger partial charge on any atom is 0.184 e. The third-order valence-corrected chi connectivity index (χ3v) is 4.43. The zero-order valence-corrected chi connectivity index (χ0v) is 11.7. The predicted molar refractivity (Wildman–Crippen MR) is 76.7 cm³/mol. The van der Waals surface area contributed by atoms with Gasteiger partial charge in [0, 0.05) is 11.6 Å². The molecule has 1 saturated heterocycles. The minimum atomic E-state index is 0.295. The van der Waals surface area contributed by atoms with Crippen LogP contribution in [0, 0.1) is 0 Å². The van der Waals surface area contributed by atoms with Crippen molar-refractivity contribution in [3.8, 4) is 0 Å². The number of ether oxygens (including phenoxy) is 1. The van der Waals surface area contributed by atoms with E-state index < -0.39 is 0 Å². The molecule has 3 nitrogen and oxygen atoms in total. The second-order valence-electron chi connectivity index (χ2n) is 4.62. The second-order valence-corrected chi connectivity index (χ2v) is 6.08. The van der Waals surface area contributed by atoms with Crippen LogP contribution in [0.2, 0.25) is 5.02 Å². The van der Waals surface area contributed by atoms with E-state index in [9.17, 15) is 0 Å². The molecule has 1 N–H and O–H groups in total. The van der Waals surface area contributed by atoms with Crippen LogP contribution in [-0.4, -0.2) is 23.7 Å². The number of aromatic nitrogens is 1. The van der Waals surface area contributed by atoms with Crippen molar-refractivity contribution in [2.75, 3.05) is 11.9 Å². The summed E-state index contributed by atoms with van der Waals surface area (Å²) in [6, 6.07) is 6.10. The molecule has 2 unspecified atom stereocenters. The second kappa shape index (κ2) is 5.03. The Morgan fingerprint density at radius 1 is 1.56 bits per heavy atom. The first-order valence-corrected chi connectivity index (χ1v) is 7.36. The van der Waals surface area contributed by atoms with Gasteiger partial charge in [-0.2, -0.15) is 0 Å². The van der Waals surface area contributed by atoms with Crippen LogP contribution in [0.1, 0.15) is 19.8 Å². The van der Waals surface area contributed by atoms with Gasteiger partial charge in [0.1, 0.15) is 0 Å². The van der Waals surface area contributed by atoms with E-state index in [2.05, 4.69) is 17.2 Å². The Kier molecular flexibility index (Phi) is 3.41. The average molecular weight is 283 g/mol. The highest BCUT2D eigenvalue weighted by Gasteiger charge is 2.22. The van der Waals surface area contributed by atoms with E-state index in [0.29, 0.717) is 12.1 Å². The summed E-state index contributed by atoms with van der Waals surface area (Å²) in [6.45, 7) is 3.03. The number of halogens is 1.